The van der Waals surface area contributed by atoms with Gasteiger partial charge in [0.05, 0.1) is 12.2 Å². The van der Waals surface area contributed by atoms with Gasteiger partial charge in [0.25, 0.3) is 0 Å². The van der Waals surface area contributed by atoms with E-state index in [1.807, 2.05) is 25.1 Å². The van der Waals surface area contributed by atoms with E-state index in [0.29, 0.717) is 12.6 Å². The van der Waals surface area contributed by atoms with Crippen molar-refractivity contribution in [2.45, 2.75) is 25.8 Å². The Morgan fingerprint density at radius 2 is 2.21 bits per heavy atom. The zero-order valence-electron chi connectivity index (χ0n) is 11.1. The molecule has 0 unspecified atom stereocenters. The Kier molecular flexibility index (Phi) is 5.22. The maximum Gasteiger partial charge on any atom is 0.215 e. The Balaban J connectivity index is 2.15. The summed E-state index contributed by atoms with van der Waals surface area (Å²) in [7, 11) is 0. The highest BCUT2D eigenvalue weighted by atomic mass is 79.9. The molecule has 0 atom stereocenters. The molecule has 5 heteroatoms. The minimum absolute atomic E-state index is 0.222. The number of hydrogen-bond donors (Lipinski definition) is 3. The molecule has 0 radical (unpaired) electrons. The molecule has 4 nitrogen and oxygen atoms in total. The number of anilines is 1. The van der Waals surface area contributed by atoms with Gasteiger partial charge in [0.2, 0.25) is 5.90 Å². The molecule has 0 aromatic heterocycles. The normalized spacial score (nSPS) is 16.1. The van der Waals surface area contributed by atoms with E-state index < -0.39 is 0 Å². The van der Waals surface area contributed by atoms with E-state index in [-0.39, 0.29) is 5.90 Å². The minimum Gasteiger partial charge on any atom is -0.478 e. The molecule has 19 heavy (non-hydrogen) atoms. The first-order chi connectivity index (χ1) is 9.20. The predicted molar refractivity (Wildman–Crippen MR) is 82.1 cm³/mol. The molecule has 0 amide bonds. The predicted octanol–water partition coefficient (Wildman–Crippen LogP) is 2.97. The molecule has 1 saturated heterocycles. The first kappa shape index (κ1) is 14.3. The smallest absolute Gasteiger partial charge is 0.215 e. The van der Waals surface area contributed by atoms with Gasteiger partial charge in [0.1, 0.15) is 0 Å². The highest BCUT2D eigenvalue weighted by Gasteiger charge is 2.16. The van der Waals surface area contributed by atoms with Crippen molar-refractivity contribution in [3.63, 3.8) is 0 Å². The van der Waals surface area contributed by atoms with Crippen LogP contribution in [0.4, 0.5) is 5.69 Å². The molecule has 3 N–H and O–H groups in total. The van der Waals surface area contributed by atoms with Gasteiger partial charge in [-0.3, -0.25) is 5.41 Å². The number of hydrogen-bond acceptors (Lipinski definition) is 4. The minimum atomic E-state index is 0.222. The first-order valence-corrected chi connectivity index (χ1v) is 7.48. The molecule has 104 valence electrons. The quantitative estimate of drug-likeness (QED) is 0.589. The lowest BCUT2D eigenvalue weighted by Gasteiger charge is -2.26. The summed E-state index contributed by atoms with van der Waals surface area (Å²) in [5, 5.41) is 14.9. The Bertz CT molecular complexity index is 444. The number of nitrogens with one attached hydrogen (secondary N) is 3. The van der Waals surface area contributed by atoms with E-state index in [1.165, 1.54) is 0 Å². The molecular weight excluding hydrogens is 306 g/mol. The molecule has 1 heterocycles. The van der Waals surface area contributed by atoms with Gasteiger partial charge in [-0.2, -0.15) is 0 Å². The van der Waals surface area contributed by atoms with E-state index in [4.69, 9.17) is 10.1 Å². The van der Waals surface area contributed by atoms with Crippen molar-refractivity contribution in [3.8, 4) is 0 Å². The molecule has 0 spiro atoms. The van der Waals surface area contributed by atoms with Gasteiger partial charge in [-0.25, -0.2) is 0 Å². The summed E-state index contributed by atoms with van der Waals surface area (Å²) in [6.07, 6.45) is 2.22. The summed E-state index contributed by atoms with van der Waals surface area (Å²) in [4.78, 5) is 0. The van der Waals surface area contributed by atoms with E-state index in [0.717, 1.165) is 41.7 Å². The average Bonchev–Trinajstić information content (AvgIpc) is 2.42. The van der Waals surface area contributed by atoms with E-state index in [1.54, 1.807) is 0 Å². The van der Waals surface area contributed by atoms with Crippen LogP contribution in [0.1, 0.15) is 25.3 Å². The van der Waals surface area contributed by atoms with E-state index >= 15 is 0 Å². The Hall–Kier alpha value is -1.07. The van der Waals surface area contributed by atoms with Gasteiger partial charge < -0.3 is 15.4 Å². The highest BCUT2D eigenvalue weighted by Crippen LogP contribution is 2.24. The van der Waals surface area contributed by atoms with Crippen molar-refractivity contribution in [1.82, 2.24) is 5.32 Å². The van der Waals surface area contributed by atoms with Crippen LogP contribution >= 0.6 is 15.9 Å². The van der Waals surface area contributed by atoms with Crippen molar-refractivity contribution in [1.29, 1.82) is 5.41 Å². The van der Waals surface area contributed by atoms with Crippen molar-refractivity contribution in [3.05, 3.63) is 28.2 Å². The van der Waals surface area contributed by atoms with Crippen LogP contribution in [0, 0.1) is 5.41 Å². The molecular formula is C14H20BrN3O. The summed E-state index contributed by atoms with van der Waals surface area (Å²) in [6.45, 7) is 4.50. The van der Waals surface area contributed by atoms with Crippen LogP contribution in [0.25, 0.3) is 0 Å². The number of ether oxygens (including phenoxy) is 1. The lowest BCUT2D eigenvalue weighted by Crippen LogP contribution is -2.35. The third kappa shape index (κ3) is 3.94. The molecule has 1 aliphatic rings. The van der Waals surface area contributed by atoms with Gasteiger partial charge in [-0.05, 0) is 51.1 Å². The van der Waals surface area contributed by atoms with Crippen LogP contribution in [0.3, 0.4) is 0 Å². The van der Waals surface area contributed by atoms with Gasteiger partial charge in [-0.15, -0.1) is 0 Å². The van der Waals surface area contributed by atoms with Crippen molar-refractivity contribution in [2.75, 3.05) is 25.0 Å². The monoisotopic (exact) mass is 325 g/mol. The number of halogens is 1. The standard InChI is InChI=1S/C14H20BrN3O/c1-2-19-14(16)12-9-10(15)3-4-13(12)18-11-5-7-17-8-6-11/h3-4,9,11,16-18H,2,5-8H2,1H3. The molecule has 1 aromatic carbocycles. The molecule has 0 saturated carbocycles. The van der Waals surface area contributed by atoms with E-state index in [9.17, 15) is 0 Å². The van der Waals surface area contributed by atoms with Crippen molar-refractivity contribution in [2.24, 2.45) is 0 Å². The molecule has 2 rings (SSSR count). The Morgan fingerprint density at radius 1 is 1.47 bits per heavy atom. The van der Waals surface area contributed by atoms with Crippen LogP contribution in [0.5, 0.6) is 0 Å². The number of piperidine rings is 1. The fourth-order valence-electron chi connectivity index (χ4n) is 2.24. The van der Waals surface area contributed by atoms with Crippen LogP contribution < -0.4 is 10.6 Å². The number of rotatable bonds is 4. The first-order valence-electron chi connectivity index (χ1n) is 6.69. The average molecular weight is 326 g/mol. The lowest BCUT2D eigenvalue weighted by atomic mass is 10.1. The summed E-state index contributed by atoms with van der Waals surface area (Å²) >= 11 is 3.45. The fourth-order valence-corrected chi connectivity index (χ4v) is 2.60. The summed E-state index contributed by atoms with van der Waals surface area (Å²) in [5.41, 5.74) is 1.79. The largest absolute Gasteiger partial charge is 0.478 e. The lowest BCUT2D eigenvalue weighted by molar-refractivity contribution is 0.326. The van der Waals surface area contributed by atoms with Crippen molar-refractivity contribution < 1.29 is 4.74 Å². The zero-order valence-corrected chi connectivity index (χ0v) is 12.7. The van der Waals surface area contributed by atoms with Gasteiger partial charge in [0.15, 0.2) is 0 Å². The van der Waals surface area contributed by atoms with Gasteiger partial charge in [0, 0.05) is 16.2 Å². The molecule has 0 bridgehead atoms. The maximum absolute atomic E-state index is 7.99. The number of benzene rings is 1. The Labute approximate surface area is 122 Å². The second kappa shape index (κ2) is 6.91. The highest BCUT2D eigenvalue weighted by molar-refractivity contribution is 9.10. The third-order valence-corrected chi connectivity index (χ3v) is 3.71. The van der Waals surface area contributed by atoms with Crippen LogP contribution in [0.2, 0.25) is 0 Å². The Morgan fingerprint density at radius 3 is 2.89 bits per heavy atom. The zero-order chi connectivity index (χ0) is 13.7. The molecule has 1 aromatic rings. The maximum atomic E-state index is 7.99. The summed E-state index contributed by atoms with van der Waals surface area (Å²) < 4.78 is 6.28. The molecule has 1 aliphatic heterocycles. The fraction of sp³-hybridized carbons (Fsp3) is 0.500. The van der Waals surface area contributed by atoms with Crippen LogP contribution in [0.15, 0.2) is 22.7 Å². The second-order valence-electron chi connectivity index (χ2n) is 4.62. The van der Waals surface area contributed by atoms with Crippen LogP contribution in [-0.2, 0) is 4.74 Å². The topological polar surface area (TPSA) is 57.1 Å². The van der Waals surface area contributed by atoms with Gasteiger partial charge in [-0.1, -0.05) is 15.9 Å². The van der Waals surface area contributed by atoms with Crippen LogP contribution in [-0.4, -0.2) is 31.6 Å². The second-order valence-corrected chi connectivity index (χ2v) is 5.54. The summed E-state index contributed by atoms with van der Waals surface area (Å²) in [6, 6.07) is 6.40. The molecule has 0 aliphatic carbocycles. The van der Waals surface area contributed by atoms with Crippen molar-refractivity contribution >= 4 is 27.5 Å². The molecule has 1 fully saturated rings. The van der Waals surface area contributed by atoms with Gasteiger partial charge >= 0.3 is 0 Å². The van der Waals surface area contributed by atoms with E-state index in [2.05, 4.69) is 26.6 Å². The summed E-state index contributed by atoms with van der Waals surface area (Å²) in [5.74, 6) is 0.222. The third-order valence-electron chi connectivity index (χ3n) is 3.21. The SMILES string of the molecule is CCOC(=N)c1cc(Br)ccc1NC1CCNCC1.